The number of nitrogens with zero attached hydrogens (tertiary/aromatic N) is 1. The third-order valence-electron chi connectivity index (χ3n) is 3.86. The van der Waals surface area contributed by atoms with E-state index < -0.39 is 0 Å². The van der Waals surface area contributed by atoms with Crippen molar-refractivity contribution in [2.45, 2.75) is 31.9 Å². The summed E-state index contributed by atoms with van der Waals surface area (Å²) in [7, 11) is 0. The van der Waals surface area contributed by atoms with Gasteiger partial charge in [-0.25, -0.2) is 0 Å². The van der Waals surface area contributed by atoms with Gasteiger partial charge in [-0.15, -0.1) is 0 Å². The zero-order valence-corrected chi connectivity index (χ0v) is 14.2. The van der Waals surface area contributed by atoms with Crippen molar-refractivity contribution in [2.24, 2.45) is 5.73 Å². The minimum absolute atomic E-state index is 0.240. The number of ether oxygens (including phenoxy) is 1. The number of benzene rings is 1. The lowest BCUT2D eigenvalue weighted by atomic mass is 10.0. The van der Waals surface area contributed by atoms with Crippen molar-refractivity contribution in [3.8, 4) is 0 Å². The number of halogens is 2. The Kier molecular flexibility index (Phi) is 6.30. The normalized spacial score (nSPS) is 19.2. The van der Waals surface area contributed by atoms with Crippen molar-refractivity contribution in [1.82, 2.24) is 4.90 Å². The molecule has 1 aromatic rings. The largest absolute Gasteiger partial charge is 0.378 e. The first-order valence-corrected chi connectivity index (χ1v) is 8.33. The Labute approximate surface area is 134 Å². The lowest BCUT2D eigenvalue weighted by molar-refractivity contribution is 0.00445. The van der Waals surface area contributed by atoms with Crippen molar-refractivity contribution >= 4 is 27.5 Å². The van der Waals surface area contributed by atoms with Gasteiger partial charge >= 0.3 is 0 Å². The van der Waals surface area contributed by atoms with Crippen LogP contribution in [0, 0.1) is 0 Å². The van der Waals surface area contributed by atoms with E-state index in [-0.39, 0.29) is 6.04 Å². The number of hydrogen-bond donors (Lipinski definition) is 1. The predicted molar refractivity (Wildman–Crippen MR) is 87.2 cm³/mol. The standard InChI is InChI=1S/C15H22BrClN2O/c1-2-20-12-5-7-19(8-6-12)15(10-18)13-4-3-11(17)9-14(13)16/h3-4,9,12,15H,2,5-8,10,18H2,1H3. The quantitative estimate of drug-likeness (QED) is 0.871. The van der Waals surface area contributed by atoms with Crippen LogP contribution in [0.4, 0.5) is 0 Å². The molecule has 0 aromatic heterocycles. The van der Waals surface area contributed by atoms with E-state index in [9.17, 15) is 0 Å². The molecule has 2 N–H and O–H groups in total. The van der Waals surface area contributed by atoms with Crippen molar-refractivity contribution in [3.63, 3.8) is 0 Å². The number of likely N-dealkylation sites (tertiary alicyclic amines) is 1. The third kappa shape index (κ3) is 3.95. The Hall–Kier alpha value is -0.130. The summed E-state index contributed by atoms with van der Waals surface area (Å²) in [5, 5.41) is 0.742. The molecule has 0 saturated carbocycles. The fourth-order valence-corrected chi connectivity index (χ4v) is 3.78. The first kappa shape index (κ1) is 16.2. The molecule has 0 bridgehead atoms. The first-order chi connectivity index (χ1) is 9.65. The second kappa shape index (κ2) is 7.76. The first-order valence-electron chi connectivity index (χ1n) is 7.16. The maximum atomic E-state index is 6.01. The molecular formula is C15H22BrClN2O. The average Bonchev–Trinajstić information content (AvgIpc) is 2.44. The van der Waals surface area contributed by atoms with E-state index in [0.717, 1.165) is 42.0 Å². The molecule has 112 valence electrons. The Balaban J connectivity index is 2.05. The van der Waals surface area contributed by atoms with Crippen LogP contribution in [0.15, 0.2) is 22.7 Å². The fraction of sp³-hybridized carbons (Fsp3) is 0.600. The van der Waals surface area contributed by atoms with Crippen LogP contribution >= 0.6 is 27.5 Å². The molecule has 1 aliphatic heterocycles. The van der Waals surface area contributed by atoms with Crippen LogP contribution in [0.1, 0.15) is 31.4 Å². The van der Waals surface area contributed by atoms with Crippen LogP contribution < -0.4 is 5.73 Å². The number of rotatable bonds is 5. The number of hydrogen-bond acceptors (Lipinski definition) is 3. The van der Waals surface area contributed by atoms with E-state index in [1.165, 1.54) is 5.56 Å². The summed E-state index contributed by atoms with van der Waals surface area (Å²) in [5.74, 6) is 0. The molecule has 2 rings (SSSR count). The molecular weight excluding hydrogens is 340 g/mol. The highest BCUT2D eigenvalue weighted by atomic mass is 79.9. The van der Waals surface area contributed by atoms with Gasteiger partial charge in [0.15, 0.2) is 0 Å². The second-order valence-corrected chi connectivity index (χ2v) is 6.40. The molecule has 1 aliphatic rings. The fourth-order valence-electron chi connectivity index (χ4n) is 2.83. The SMILES string of the molecule is CCOC1CCN(C(CN)c2ccc(Cl)cc2Br)CC1. The van der Waals surface area contributed by atoms with E-state index in [4.69, 9.17) is 22.1 Å². The summed E-state index contributed by atoms with van der Waals surface area (Å²) in [5.41, 5.74) is 7.22. The summed E-state index contributed by atoms with van der Waals surface area (Å²) in [6.45, 7) is 5.52. The summed E-state index contributed by atoms with van der Waals surface area (Å²) < 4.78 is 6.74. The van der Waals surface area contributed by atoms with Gasteiger partial charge < -0.3 is 10.5 Å². The van der Waals surface area contributed by atoms with Gasteiger partial charge in [0.05, 0.1) is 6.10 Å². The van der Waals surface area contributed by atoms with Gasteiger partial charge in [0.2, 0.25) is 0 Å². The van der Waals surface area contributed by atoms with Gasteiger partial charge in [-0.05, 0) is 37.5 Å². The summed E-state index contributed by atoms with van der Waals surface area (Å²) in [4.78, 5) is 2.45. The molecule has 0 amide bonds. The Morgan fingerprint density at radius 3 is 2.70 bits per heavy atom. The molecule has 0 radical (unpaired) electrons. The minimum atomic E-state index is 0.240. The average molecular weight is 362 g/mol. The monoisotopic (exact) mass is 360 g/mol. The molecule has 1 fully saturated rings. The molecule has 1 heterocycles. The molecule has 5 heteroatoms. The molecule has 0 aliphatic carbocycles. The topological polar surface area (TPSA) is 38.5 Å². The second-order valence-electron chi connectivity index (χ2n) is 5.11. The van der Waals surface area contributed by atoms with E-state index >= 15 is 0 Å². The van der Waals surface area contributed by atoms with Crippen LogP contribution in [-0.2, 0) is 4.74 Å². The van der Waals surface area contributed by atoms with Gasteiger partial charge in [0.1, 0.15) is 0 Å². The van der Waals surface area contributed by atoms with Crippen molar-refractivity contribution in [3.05, 3.63) is 33.3 Å². The smallest absolute Gasteiger partial charge is 0.0599 e. The summed E-state index contributed by atoms with van der Waals surface area (Å²) in [6.07, 6.45) is 2.56. The number of nitrogens with two attached hydrogens (primary N) is 1. The lowest BCUT2D eigenvalue weighted by Crippen LogP contribution is -2.42. The third-order valence-corrected chi connectivity index (χ3v) is 4.79. The van der Waals surface area contributed by atoms with Crippen LogP contribution in [0.5, 0.6) is 0 Å². The maximum absolute atomic E-state index is 6.01. The molecule has 1 aromatic carbocycles. The van der Waals surface area contributed by atoms with Crippen molar-refractivity contribution in [1.29, 1.82) is 0 Å². The van der Waals surface area contributed by atoms with Gasteiger partial charge in [0.25, 0.3) is 0 Å². The molecule has 0 spiro atoms. The molecule has 1 saturated heterocycles. The Bertz CT molecular complexity index is 436. The predicted octanol–water partition coefficient (Wildman–Crippen LogP) is 3.60. The Morgan fingerprint density at radius 1 is 1.45 bits per heavy atom. The van der Waals surface area contributed by atoms with Gasteiger partial charge in [0, 0.05) is 41.8 Å². The van der Waals surface area contributed by atoms with Crippen LogP contribution in [0.2, 0.25) is 5.02 Å². The Morgan fingerprint density at radius 2 is 2.15 bits per heavy atom. The van der Waals surface area contributed by atoms with E-state index in [2.05, 4.69) is 33.8 Å². The van der Waals surface area contributed by atoms with Crippen LogP contribution in [0.25, 0.3) is 0 Å². The molecule has 20 heavy (non-hydrogen) atoms. The zero-order chi connectivity index (χ0) is 14.5. The highest BCUT2D eigenvalue weighted by molar-refractivity contribution is 9.10. The molecule has 1 unspecified atom stereocenters. The van der Waals surface area contributed by atoms with Crippen molar-refractivity contribution < 1.29 is 4.74 Å². The van der Waals surface area contributed by atoms with E-state index in [1.54, 1.807) is 0 Å². The van der Waals surface area contributed by atoms with Gasteiger partial charge in [-0.3, -0.25) is 4.90 Å². The van der Waals surface area contributed by atoms with Crippen molar-refractivity contribution in [2.75, 3.05) is 26.2 Å². The molecule has 3 nitrogen and oxygen atoms in total. The van der Waals surface area contributed by atoms with E-state index in [0.29, 0.717) is 12.6 Å². The minimum Gasteiger partial charge on any atom is -0.378 e. The van der Waals surface area contributed by atoms with E-state index in [1.807, 2.05) is 12.1 Å². The zero-order valence-electron chi connectivity index (χ0n) is 11.8. The summed E-state index contributed by atoms with van der Waals surface area (Å²) >= 11 is 9.61. The van der Waals surface area contributed by atoms with Crippen LogP contribution in [0.3, 0.4) is 0 Å². The van der Waals surface area contributed by atoms with Gasteiger partial charge in [-0.1, -0.05) is 33.6 Å². The summed E-state index contributed by atoms with van der Waals surface area (Å²) in [6, 6.07) is 6.17. The number of piperidine rings is 1. The molecule has 1 atom stereocenters. The highest BCUT2D eigenvalue weighted by Gasteiger charge is 2.26. The van der Waals surface area contributed by atoms with Crippen LogP contribution in [-0.4, -0.2) is 37.2 Å². The lowest BCUT2D eigenvalue weighted by Gasteiger charge is -2.37. The van der Waals surface area contributed by atoms with Gasteiger partial charge in [-0.2, -0.15) is 0 Å². The maximum Gasteiger partial charge on any atom is 0.0599 e. The highest BCUT2D eigenvalue weighted by Crippen LogP contribution is 2.31.